The number of amides is 1. The summed E-state index contributed by atoms with van der Waals surface area (Å²) in [6.07, 6.45) is 0.550. The Hall–Kier alpha value is -1.69. The van der Waals surface area contributed by atoms with Crippen molar-refractivity contribution in [3.8, 4) is 0 Å². The molecule has 1 atom stereocenters. The zero-order chi connectivity index (χ0) is 14.6. The highest BCUT2D eigenvalue weighted by atomic mass is 32.2. The maximum Gasteiger partial charge on any atom is 0.264 e. The summed E-state index contributed by atoms with van der Waals surface area (Å²) in [5, 5.41) is 0. The minimum Gasteiger partial charge on any atom is -0.295 e. The van der Waals surface area contributed by atoms with Gasteiger partial charge in [0.1, 0.15) is 0 Å². The second-order valence-corrected chi connectivity index (χ2v) is 6.05. The maximum atomic E-state index is 12.0. The topological polar surface area (TPSA) is 80.3 Å². The monoisotopic (exact) mass is 283 g/mol. The first kappa shape index (κ1) is 15.4. The van der Waals surface area contributed by atoms with Crippen LogP contribution in [0.25, 0.3) is 0 Å². The van der Waals surface area contributed by atoms with E-state index in [2.05, 4.69) is 0 Å². The molecule has 0 saturated carbocycles. The molecule has 0 heterocycles. The predicted molar refractivity (Wildman–Crippen MR) is 71.2 cm³/mol. The molecule has 1 amide bonds. The van der Waals surface area contributed by atoms with Crippen LogP contribution in [-0.4, -0.2) is 20.1 Å². The zero-order valence-corrected chi connectivity index (χ0v) is 12.0. The van der Waals surface area contributed by atoms with Gasteiger partial charge in [0.15, 0.2) is 5.78 Å². The van der Waals surface area contributed by atoms with E-state index in [0.717, 1.165) is 0 Å². The summed E-state index contributed by atoms with van der Waals surface area (Å²) in [5.41, 5.74) is 0.291. The van der Waals surface area contributed by atoms with E-state index in [9.17, 15) is 18.0 Å². The summed E-state index contributed by atoms with van der Waals surface area (Å²) >= 11 is 0. The fourth-order valence-electron chi connectivity index (χ4n) is 1.36. The highest BCUT2D eigenvalue weighted by molar-refractivity contribution is 7.90. The first-order valence-electron chi connectivity index (χ1n) is 5.95. The molecule has 0 aliphatic carbocycles. The zero-order valence-electron chi connectivity index (χ0n) is 11.1. The lowest BCUT2D eigenvalue weighted by Gasteiger charge is -2.11. The van der Waals surface area contributed by atoms with Crippen molar-refractivity contribution >= 4 is 21.7 Å². The van der Waals surface area contributed by atoms with Crippen molar-refractivity contribution < 1.29 is 18.0 Å². The average Bonchev–Trinajstić information content (AvgIpc) is 2.37. The number of hydrogen-bond acceptors (Lipinski definition) is 4. The Labute approximate surface area is 113 Å². The van der Waals surface area contributed by atoms with Crippen molar-refractivity contribution in [2.45, 2.75) is 32.1 Å². The average molecular weight is 283 g/mol. The molecule has 0 radical (unpaired) electrons. The smallest absolute Gasteiger partial charge is 0.264 e. The van der Waals surface area contributed by atoms with Gasteiger partial charge < -0.3 is 0 Å². The molecule has 0 saturated heterocycles. The summed E-state index contributed by atoms with van der Waals surface area (Å²) in [4.78, 5) is 22.8. The number of carbonyl (C=O) groups excluding carboxylic acids is 2. The minimum atomic E-state index is -3.92. The van der Waals surface area contributed by atoms with Gasteiger partial charge in [-0.2, -0.15) is 0 Å². The fourth-order valence-corrected chi connectivity index (χ4v) is 2.48. The van der Waals surface area contributed by atoms with Crippen LogP contribution in [0.15, 0.2) is 29.2 Å². The SMILES string of the molecule is CCC(C)C(=O)NS(=O)(=O)c1cccc(C(C)=O)c1. The quantitative estimate of drug-likeness (QED) is 0.835. The van der Waals surface area contributed by atoms with Gasteiger partial charge in [0.2, 0.25) is 5.91 Å². The van der Waals surface area contributed by atoms with Gasteiger partial charge in [-0.25, -0.2) is 13.1 Å². The number of nitrogens with one attached hydrogen (secondary N) is 1. The second-order valence-electron chi connectivity index (χ2n) is 4.36. The van der Waals surface area contributed by atoms with Crippen LogP contribution in [0.4, 0.5) is 0 Å². The van der Waals surface area contributed by atoms with Gasteiger partial charge >= 0.3 is 0 Å². The Morgan fingerprint density at radius 3 is 2.47 bits per heavy atom. The third-order valence-corrected chi connectivity index (χ3v) is 4.19. The number of ketones is 1. The molecule has 0 aromatic heterocycles. The van der Waals surface area contributed by atoms with Crippen LogP contribution in [0.5, 0.6) is 0 Å². The van der Waals surface area contributed by atoms with E-state index < -0.39 is 15.9 Å². The first-order valence-corrected chi connectivity index (χ1v) is 7.44. The van der Waals surface area contributed by atoms with Crippen molar-refractivity contribution in [3.63, 3.8) is 0 Å². The highest BCUT2D eigenvalue weighted by Gasteiger charge is 2.21. The van der Waals surface area contributed by atoms with E-state index in [1.165, 1.54) is 31.2 Å². The summed E-state index contributed by atoms with van der Waals surface area (Å²) in [7, 11) is -3.92. The molecule has 0 aliphatic heterocycles. The molecule has 1 aromatic rings. The number of hydrogen-bond donors (Lipinski definition) is 1. The van der Waals surface area contributed by atoms with Crippen LogP contribution in [0.3, 0.4) is 0 Å². The van der Waals surface area contributed by atoms with Gasteiger partial charge in [-0.3, -0.25) is 9.59 Å². The van der Waals surface area contributed by atoms with Crippen molar-refractivity contribution in [1.82, 2.24) is 4.72 Å². The van der Waals surface area contributed by atoms with Crippen LogP contribution >= 0.6 is 0 Å². The number of sulfonamides is 1. The van der Waals surface area contributed by atoms with Gasteiger partial charge in [0.25, 0.3) is 10.0 Å². The molecule has 1 N–H and O–H groups in total. The van der Waals surface area contributed by atoms with E-state index in [1.807, 2.05) is 4.72 Å². The Morgan fingerprint density at radius 2 is 1.95 bits per heavy atom. The molecule has 0 fully saturated rings. The highest BCUT2D eigenvalue weighted by Crippen LogP contribution is 2.13. The van der Waals surface area contributed by atoms with Crippen LogP contribution < -0.4 is 4.72 Å². The first-order chi connectivity index (χ1) is 8.77. The van der Waals surface area contributed by atoms with E-state index in [0.29, 0.717) is 12.0 Å². The molecule has 0 spiro atoms. The third kappa shape index (κ3) is 3.89. The molecule has 1 rings (SSSR count). The van der Waals surface area contributed by atoms with Crippen LogP contribution in [0.1, 0.15) is 37.6 Å². The molecule has 19 heavy (non-hydrogen) atoms. The molecule has 1 unspecified atom stereocenters. The molecule has 104 valence electrons. The Kier molecular flexibility index (Phi) is 4.83. The number of rotatable bonds is 5. The Morgan fingerprint density at radius 1 is 1.32 bits per heavy atom. The fraction of sp³-hybridized carbons (Fsp3) is 0.385. The van der Waals surface area contributed by atoms with E-state index in [-0.39, 0.29) is 16.6 Å². The number of Topliss-reactive ketones (excluding diaryl/α,β-unsaturated/α-hetero) is 1. The van der Waals surface area contributed by atoms with Crippen molar-refractivity contribution in [3.05, 3.63) is 29.8 Å². The molecular formula is C13H17NO4S. The molecule has 1 aromatic carbocycles. The maximum absolute atomic E-state index is 12.0. The van der Waals surface area contributed by atoms with Gasteiger partial charge in [-0.1, -0.05) is 26.0 Å². The minimum absolute atomic E-state index is 0.0862. The summed E-state index contributed by atoms with van der Waals surface area (Å²) < 4.78 is 26.0. The molecule has 5 nitrogen and oxygen atoms in total. The molecule has 0 aliphatic rings. The number of benzene rings is 1. The Bertz CT molecular complexity index is 592. The lowest BCUT2D eigenvalue weighted by molar-refractivity contribution is -0.122. The van der Waals surface area contributed by atoms with Crippen LogP contribution in [0.2, 0.25) is 0 Å². The van der Waals surface area contributed by atoms with Gasteiger partial charge in [-0.05, 0) is 25.5 Å². The molecule has 6 heteroatoms. The van der Waals surface area contributed by atoms with Gasteiger partial charge in [0.05, 0.1) is 4.90 Å². The van der Waals surface area contributed by atoms with Crippen molar-refractivity contribution in [2.24, 2.45) is 5.92 Å². The van der Waals surface area contributed by atoms with E-state index in [1.54, 1.807) is 13.8 Å². The van der Waals surface area contributed by atoms with Crippen molar-refractivity contribution in [2.75, 3.05) is 0 Å². The predicted octanol–water partition coefficient (Wildman–Crippen LogP) is 1.74. The summed E-state index contributed by atoms with van der Waals surface area (Å²) in [6.45, 7) is 4.80. The van der Waals surface area contributed by atoms with E-state index in [4.69, 9.17) is 0 Å². The van der Waals surface area contributed by atoms with Crippen LogP contribution in [-0.2, 0) is 14.8 Å². The summed E-state index contributed by atoms with van der Waals surface area (Å²) in [6, 6.07) is 5.60. The largest absolute Gasteiger partial charge is 0.295 e. The normalized spacial score (nSPS) is 12.8. The van der Waals surface area contributed by atoms with Crippen LogP contribution in [0, 0.1) is 5.92 Å². The standard InChI is InChI=1S/C13H17NO4S/c1-4-9(2)13(16)14-19(17,18)12-7-5-6-11(8-12)10(3)15/h5-9H,4H2,1-3H3,(H,14,16). The second kappa shape index (κ2) is 5.97. The van der Waals surface area contributed by atoms with Gasteiger partial charge in [-0.15, -0.1) is 0 Å². The lowest BCUT2D eigenvalue weighted by Crippen LogP contribution is -2.34. The Balaban J connectivity index is 3.04. The lowest BCUT2D eigenvalue weighted by atomic mass is 10.1. The third-order valence-electron chi connectivity index (χ3n) is 2.85. The molecule has 0 bridgehead atoms. The van der Waals surface area contributed by atoms with Gasteiger partial charge in [0, 0.05) is 11.5 Å². The summed E-state index contributed by atoms with van der Waals surface area (Å²) in [5.74, 6) is -1.16. The number of carbonyl (C=O) groups is 2. The molecular weight excluding hydrogens is 266 g/mol. The van der Waals surface area contributed by atoms with Crippen molar-refractivity contribution in [1.29, 1.82) is 0 Å². The van der Waals surface area contributed by atoms with E-state index >= 15 is 0 Å².